The van der Waals surface area contributed by atoms with Crippen molar-refractivity contribution >= 4 is 22.6 Å². The molecule has 0 N–H and O–H groups in total. The molecule has 1 aromatic rings. The van der Waals surface area contributed by atoms with Gasteiger partial charge in [0.2, 0.25) is 0 Å². The van der Waals surface area contributed by atoms with E-state index in [0.29, 0.717) is 5.92 Å². The maximum absolute atomic E-state index is 4.93. The van der Waals surface area contributed by atoms with E-state index in [2.05, 4.69) is 38.5 Å². The van der Waals surface area contributed by atoms with Crippen molar-refractivity contribution in [1.29, 1.82) is 0 Å². The van der Waals surface area contributed by atoms with Crippen molar-refractivity contribution in [3.8, 4) is 0 Å². The van der Waals surface area contributed by atoms with Gasteiger partial charge in [0.05, 0.1) is 0 Å². The molecule has 0 aliphatic heterocycles. The molecule has 3 heteroatoms. The first-order valence-electron chi connectivity index (χ1n) is 6.88. The molecular weight excluding hydrogens is 354 g/mol. The Hall–Kier alpha value is 0.423. The molecule has 0 saturated heterocycles. The van der Waals surface area contributed by atoms with Crippen LogP contribution in [0.2, 0.25) is 0 Å². The van der Waals surface area contributed by atoms with Gasteiger partial charge in [-0.05, 0) is 59.4 Å². The van der Waals surface area contributed by atoms with Crippen LogP contribution in [0.25, 0.3) is 5.57 Å². The minimum absolute atomic E-state index is 0.692. The monoisotopic (exact) mass is 371 g/mol. The summed E-state index contributed by atoms with van der Waals surface area (Å²) < 4.78 is 0. The van der Waals surface area contributed by atoms with E-state index >= 15 is 0 Å². The van der Waals surface area contributed by atoms with Crippen LogP contribution in [0, 0.1) is 12.3 Å². The van der Waals surface area contributed by atoms with Crippen molar-refractivity contribution < 1.29 is 20.8 Å². The normalized spacial score (nSPS) is 16.9. The van der Waals surface area contributed by atoms with E-state index in [4.69, 9.17) is 17.0 Å². The van der Waals surface area contributed by atoms with E-state index < -0.39 is 20.8 Å². The van der Waals surface area contributed by atoms with Crippen LogP contribution in [-0.4, -0.2) is 0 Å². The fourth-order valence-corrected chi connectivity index (χ4v) is 2.95. The molecule has 0 saturated carbocycles. The molecule has 1 unspecified atom stereocenters. The second-order valence-electron chi connectivity index (χ2n) is 5.23. The molecule has 2 aliphatic rings. The van der Waals surface area contributed by atoms with Gasteiger partial charge >= 0.3 is 37.9 Å². The molecule has 0 aromatic heterocycles. The van der Waals surface area contributed by atoms with Crippen molar-refractivity contribution in [3.63, 3.8) is 0 Å². The van der Waals surface area contributed by atoms with Crippen molar-refractivity contribution in [2.75, 3.05) is 0 Å². The van der Waals surface area contributed by atoms with E-state index in [1.165, 1.54) is 36.8 Å². The van der Waals surface area contributed by atoms with Crippen LogP contribution in [0.1, 0.15) is 48.9 Å². The van der Waals surface area contributed by atoms with Gasteiger partial charge < -0.3 is 0 Å². The average Bonchev–Trinajstić information content (AvgIpc) is 3.01. The van der Waals surface area contributed by atoms with E-state index in [9.17, 15) is 0 Å². The zero-order valence-electron chi connectivity index (χ0n) is 11.5. The van der Waals surface area contributed by atoms with Gasteiger partial charge in [-0.15, -0.1) is 0 Å². The predicted molar refractivity (Wildman–Crippen MR) is 81.0 cm³/mol. The molecule has 101 valence electrons. The first kappa shape index (κ1) is 15.8. The van der Waals surface area contributed by atoms with Crippen molar-refractivity contribution in [2.45, 2.75) is 39.5 Å². The molecule has 0 nitrogen and oxygen atoms in total. The van der Waals surface area contributed by atoms with Crippen LogP contribution in [0.3, 0.4) is 0 Å². The van der Waals surface area contributed by atoms with E-state index in [1.807, 2.05) is 0 Å². The second-order valence-corrected chi connectivity index (χ2v) is 8.96. The summed E-state index contributed by atoms with van der Waals surface area (Å²) in [6.45, 7) is 4.61. The summed E-state index contributed by atoms with van der Waals surface area (Å²) in [5.41, 5.74) is 7.70. The van der Waals surface area contributed by atoms with E-state index in [0.717, 1.165) is 0 Å². The fourth-order valence-electron chi connectivity index (χ4n) is 2.95. The minimum atomic E-state index is -0.826. The summed E-state index contributed by atoms with van der Waals surface area (Å²) in [6, 6.07) is 4.88. The number of hydrogen-bond donors (Lipinski definition) is 0. The van der Waals surface area contributed by atoms with E-state index in [1.54, 1.807) is 16.7 Å². The van der Waals surface area contributed by atoms with Crippen LogP contribution < -0.4 is 0 Å². The van der Waals surface area contributed by atoms with Crippen LogP contribution in [-0.2, 0) is 33.7 Å². The van der Waals surface area contributed by atoms with Crippen molar-refractivity contribution in [3.05, 3.63) is 46.9 Å². The summed E-state index contributed by atoms with van der Waals surface area (Å²) in [6.07, 6.45) is 9.78. The summed E-state index contributed by atoms with van der Waals surface area (Å²) in [5, 5.41) is 0. The van der Waals surface area contributed by atoms with Gasteiger partial charge in [-0.1, -0.05) is 32.1 Å². The first-order valence-corrected chi connectivity index (χ1v) is 13.2. The zero-order chi connectivity index (χ0) is 13.8. The third-order valence-electron chi connectivity index (χ3n) is 4.16. The zero-order valence-corrected chi connectivity index (χ0v) is 15.4. The summed E-state index contributed by atoms with van der Waals surface area (Å²) >= 11 is -0.826. The predicted octanol–water partition coefficient (Wildman–Crippen LogP) is 5.55. The van der Waals surface area contributed by atoms with Crippen molar-refractivity contribution in [1.82, 2.24) is 0 Å². The number of aryl methyl sites for hydroxylation is 2. The Morgan fingerprint density at radius 2 is 1.84 bits per heavy atom. The van der Waals surface area contributed by atoms with Crippen LogP contribution in [0.4, 0.5) is 0 Å². The van der Waals surface area contributed by atoms with Crippen LogP contribution in [0.15, 0.2) is 18.2 Å². The second kappa shape index (κ2) is 7.44. The Morgan fingerprint density at radius 1 is 1.21 bits per heavy atom. The Bertz CT molecular complexity index is 480. The Labute approximate surface area is 135 Å². The maximum atomic E-state index is 4.93. The van der Waals surface area contributed by atoms with Gasteiger partial charge in [0.15, 0.2) is 0 Å². The molecule has 19 heavy (non-hydrogen) atoms. The molecule has 1 aromatic carbocycles. The molecular formula is C16H19Cl2Zr. The average molecular weight is 373 g/mol. The number of rotatable bonds is 2. The topological polar surface area (TPSA) is 0 Å². The number of benzene rings is 1. The number of halogens is 2. The summed E-state index contributed by atoms with van der Waals surface area (Å²) in [5.74, 6) is 0.692. The Kier molecular flexibility index (Phi) is 6.19. The standard InChI is InChI=1S/C16H19.2ClH.Zr/c1-3-11(2)15-8-7-14-9-12-5-4-6-13(12)10-16(14)15;;;/h7-11H,3-6H2,1-2H3;2*1H;/q;;;+2/p-2. The molecule has 1 atom stereocenters. The molecule has 0 heterocycles. The molecule has 0 amide bonds. The quantitative estimate of drug-likeness (QED) is 0.638. The molecule has 0 fully saturated rings. The molecule has 3 rings (SSSR count). The summed E-state index contributed by atoms with van der Waals surface area (Å²) in [4.78, 5) is 0. The Morgan fingerprint density at radius 3 is 2.47 bits per heavy atom. The van der Waals surface area contributed by atoms with Gasteiger partial charge in [0.1, 0.15) is 0 Å². The summed E-state index contributed by atoms with van der Waals surface area (Å²) in [7, 11) is 9.87. The molecule has 2 aliphatic carbocycles. The third kappa shape index (κ3) is 3.55. The fraction of sp³-hybridized carbons (Fsp3) is 0.438. The molecule has 1 radical (unpaired) electrons. The third-order valence-corrected chi connectivity index (χ3v) is 4.16. The molecule has 0 bridgehead atoms. The van der Waals surface area contributed by atoms with Crippen LogP contribution in [0.5, 0.6) is 0 Å². The van der Waals surface area contributed by atoms with Gasteiger partial charge in [-0.25, -0.2) is 0 Å². The molecule has 0 spiro atoms. The van der Waals surface area contributed by atoms with Crippen LogP contribution >= 0.6 is 17.0 Å². The number of fused-ring (bicyclic) bond motifs is 2. The number of hydrogen-bond acceptors (Lipinski definition) is 0. The Balaban J connectivity index is 0.000000408. The first-order chi connectivity index (χ1) is 9.21. The van der Waals surface area contributed by atoms with Gasteiger partial charge in [-0.3, -0.25) is 0 Å². The van der Waals surface area contributed by atoms with Gasteiger partial charge in [0.25, 0.3) is 0 Å². The van der Waals surface area contributed by atoms with Gasteiger partial charge in [-0.2, -0.15) is 0 Å². The van der Waals surface area contributed by atoms with Crippen molar-refractivity contribution in [2.24, 2.45) is 5.92 Å². The van der Waals surface area contributed by atoms with E-state index in [-0.39, 0.29) is 0 Å². The van der Waals surface area contributed by atoms with Gasteiger partial charge in [0, 0.05) is 6.42 Å². The SMILES string of the molecule is CCC(C)C1=C[CH]c2cc3c(cc21)CCC3.[Cl][Zr][Cl]. The number of allylic oxidation sites excluding steroid dienone is 2.